The molecule has 17 heavy (non-hydrogen) atoms. The van der Waals surface area contributed by atoms with Gasteiger partial charge in [-0.2, -0.15) is 5.48 Å². The van der Waals surface area contributed by atoms with E-state index in [1.54, 1.807) is 0 Å². The molecule has 0 saturated heterocycles. The van der Waals surface area contributed by atoms with Gasteiger partial charge in [-0.3, -0.25) is 4.79 Å². The van der Waals surface area contributed by atoms with E-state index in [0.29, 0.717) is 45.4 Å². The Morgan fingerprint density at radius 2 is 2.00 bits per heavy atom. The molecule has 0 heterocycles. The molecule has 0 amide bonds. The smallest absolute Gasteiger partial charge is 0.308 e. The molecule has 1 aliphatic carbocycles. The molecule has 1 rings (SSSR count). The van der Waals surface area contributed by atoms with Crippen LogP contribution in [0.3, 0.4) is 0 Å². The van der Waals surface area contributed by atoms with Crippen LogP contribution in [-0.4, -0.2) is 36.4 Å². The highest BCUT2D eigenvalue weighted by Gasteiger charge is 2.36. The predicted molar refractivity (Wildman–Crippen MR) is 63.2 cm³/mol. The first-order valence-corrected chi connectivity index (χ1v) is 6.35. The van der Waals surface area contributed by atoms with Gasteiger partial charge in [-0.25, -0.2) is 0 Å². The van der Waals surface area contributed by atoms with Crippen LogP contribution in [0.1, 0.15) is 39.5 Å². The van der Waals surface area contributed by atoms with Crippen LogP contribution >= 0.6 is 0 Å². The number of aliphatic hydroxyl groups is 1. The van der Waals surface area contributed by atoms with Crippen LogP contribution in [0.15, 0.2) is 0 Å². The van der Waals surface area contributed by atoms with Crippen LogP contribution in [0.5, 0.6) is 0 Å². The fraction of sp³-hybridized carbons (Fsp3) is 0.917. The Bertz CT molecular complexity index is 237. The fourth-order valence-corrected chi connectivity index (χ4v) is 2.12. The molecule has 1 aliphatic rings. The van der Waals surface area contributed by atoms with Gasteiger partial charge in [-0.15, -0.1) is 0 Å². The number of esters is 1. The normalized spacial score (nSPS) is 29.0. The maximum atomic E-state index is 11.5. The van der Waals surface area contributed by atoms with Gasteiger partial charge in [-0.05, 0) is 39.5 Å². The first-order chi connectivity index (χ1) is 8.11. The monoisotopic (exact) mass is 245 g/mol. The zero-order valence-corrected chi connectivity index (χ0v) is 10.7. The van der Waals surface area contributed by atoms with Gasteiger partial charge in [0.15, 0.2) is 0 Å². The van der Waals surface area contributed by atoms with E-state index in [9.17, 15) is 9.90 Å². The Balaban J connectivity index is 2.31. The number of hydrogen-bond donors (Lipinski definition) is 2. The van der Waals surface area contributed by atoms with Gasteiger partial charge in [0, 0.05) is 6.54 Å². The van der Waals surface area contributed by atoms with Gasteiger partial charge in [0.1, 0.15) is 0 Å². The van der Waals surface area contributed by atoms with Crippen molar-refractivity contribution in [1.82, 2.24) is 5.48 Å². The third-order valence-electron chi connectivity index (χ3n) is 3.18. The summed E-state index contributed by atoms with van der Waals surface area (Å²) in [5.41, 5.74) is 2.00. The summed E-state index contributed by atoms with van der Waals surface area (Å²) in [6.07, 6.45) is 2.58. The summed E-state index contributed by atoms with van der Waals surface area (Å²) in [7, 11) is 0. The average molecular weight is 245 g/mol. The number of nitrogens with one attached hydrogen (secondary N) is 1. The Morgan fingerprint density at radius 3 is 2.53 bits per heavy atom. The van der Waals surface area contributed by atoms with Crippen LogP contribution < -0.4 is 5.48 Å². The van der Waals surface area contributed by atoms with E-state index in [1.165, 1.54) is 0 Å². The number of carbonyl (C=O) groups excluding carboxylic acids is 1. The quantitative estimate of drug-likeness (QED) is 0.415. The highest BCUT2D eigenvalue weighted by molar-refractivity contribution is 5.72. The standard InChI is InChI=1S/C12H23NO4/c1-3-16-11(14)10-5-7-12(15,8-6-10)9-13-17-4-2/h10,13,15H,3-9H2,1-2H3. The summed E-state index contributed by atoms with van der Waals surface area (Å²) in [5, 5.41) is 10.2. The van der Waals surface area contributed by atoms with Crippen molar-refractivity contribution in [2.75, 3.05) is 19.8 Å². The minimum Gasteiger partial charge on any atom is -0.466 e. The van der Waals surface area contributed by atoms with Crippen molar-refractivity contribution < 1.29 is 19.5 Å². The molecule has 0 spiro atoms. The predicted octanol–water partition coefficient (Wildman–Crippen LogP) is 1.01. The van der Waals surface area contributed by atoms with Gasteiger partial charge < -0.3 is 14.7 Å². The molecule has 5 heteroatoms. The van der Waals surface area contributed by atoms with Crippen molar-refractivity contribution in [2.24, 2.45) is 5.92 Å². The van der Waals surface area contributed by atoms with Crippen LogP contribution in [-0.2, 0) is 14.4 Å². The van der Waals surface area contributed by atoms with E-state index < -0.39 is 5.60 Å². The van der Waals surface area contributed by atoms with Gasteiger partial charge in [0.25, 0.3) is 0 Å². The molecule has 0 aromatic rings. The molecule has 0 radical (unpaired) electrons. The van der Waals surface area contributed by atoms with Gasteiger partial charge in [0.05, 0.1) is 24.7 Å². The topological polar surface area (TPSA) is 67.8 Å². The Hall–Kier alpha value is -0.650. The molecule has 1 fully saturated rings. The molecular weight excluding hydrogens is 222 g/mol. The molecule has 0 atom stereocenters. The molecule has 0 aromatic heterocycles. The van der Waals surface area contributed by atoms with Crippen molar-refractivity contribution in [2.45, 2.75) is 45.1 Å². The second kappa shape index (κ2) is 6.93. The summed E-state index contributed by atoms with van der Waals surface area (Å²) in [6.45, 7) is 5.10. The first-order valence-electron chi connectivity index (χ1n) is 6.35. The van der Waals surface area contributed by atoms with Crippen LogP contribution in [0.25, 0.3) is 0 Å². The largest absolute Gasteiger partial charge is 0.466 e. The van der Waals surface area contributed by atoms with Crippen molar-refractivity contribution in [3.63, 3.8) is 0 Å². The Labute approximate surface area is 102 Å². The lowest BCUT2D eigenvalue weighted by Gasteiger charge is -2.35. The molecule has 0 unspecified atom stereocenters. The third-order valence-corrected chi connectivity index (χ3v) is 3.18. The molecule has 2 N–H and O–H groups in total. The molecule has 0 aliphatic heterocycles. The lowest BCUT2D eigenvalue weighted by Crippen LogP contribution is -2.44. The number of rotatable bonds is 6. The molecule has 0 aromatic carbocycles. The number of hydrogen-bond acceptors (Lipinski definition) is 5. The van der Waals surface area contributed by atoms with E-state index >= 15 is 0 Å². The number of ether oxygens (including phenoxy) is 1. The summed E-state index contributed by atoms with van der Waals surface area (Å²) in [6, 6.07) is 0. The van der Waals surface area contributed by atoms with E-state index in [2.05, 4.69) is 5.48 Å². The minimum atomic E-state index is -0.752. The van der Waals surface area contributed by atoms with Crippen molar-refractivity contribution in [3.05, 3.63) is 0 Å². The lowest BCUT2D eigenvalue weighted by molar-refractivity contribution is -0.151. The summed E-state index contributed by atoms with van der Waals surface area (Å²) >= 11 is 0. The maximum absolute atomic E-state index is 11.5. The molecule has 100 valence electrons. The van der Waals surface area contributed by atoms with Gasteiger partial charge in [0.2, 0.25) is 0 Å². The second-order valence-corrected chi connectivity index (χ2v) is 4.50. The van der Waals surface area contributed by atoms with Crippen LogP contribution in [0.2, 0.25) is 0 Å². The van der Waals surface area contributed by atoms with E-state index in [0.717, 1.165) is 0 Å². The number of carbonyl (C=O) groups is 1. The van der Waals surface area contributed by atoms with Crippen LogP contribution in [0, 0.1) is 5.92 Å². The zero-order chi connectivity index (χ0) is 12.7. The van der Waals surface area contributed by atoms with E-state index in [1.807, 2.05) is 13.8 Å². The average Bonchev–Trinajstić information content (AvgIpc) is 2.30. The molecule has 1 saturated carbocycles. The first kappa shape index (κ1) is 14.4. The minimum absolute atomic E-state index is 0.0534. The Morgan fingerprint density at radius 1 is 1.35 bits per heavy atom. The van der Waals surface area contributed by atoms with Crippen molar-refractivity contribution in [1.29, 1.82) is 0 Å². The highest BCUT2D eigenvalue weighted by Crippen LogP contribution is 2.32. The summed E-state index contributed by atoms with van der Waals surface area (Å²) in [5.74, 6) is -0.186. The second-order valence-electron chi connectivity index (χ2n) is 4.50. The molecule has 0 bridgehead atoms. The summed E-state index contributed by atoms with van der Waals surface area (Å²) < 4.78 is 4.99. The zero-order valence-electron chi connectivity index (χ0n) is 10.7. The van der Waals surface area contributed by atoms with Crippen molar-refractivity contribution in [3.8, 4) is 0 Å². The van der Waals surface area contributed by atoms with Gasteiger partial charge >= 0.3 is 5.97 Å². The molecular formula is C12H23NO4. The SMILES string of the molecule is CCONCC1(O)CCC(C(=O)OCC)CC1. The third kappa shape index (κ3) is 4.61. The lowest BCUT2D eigenvalue weighted by atomic mass is 9.79. The van der Waals surface area contributed by atoms with Crippen LogP contribution in [0.4, 0.5) is 0 Å². The maximum Gasteiger partial charge on any atom is 0.308 e. The highest BCUT2D eigenvalue weighted by atomic mass is 16.6. The van der Waals surface area contributed by atoms with Crippen molar-refractivity contribution >= 4 is 5.97 Å². The number of hydroxylamine groups is 1. The van der Waals surface area contributed by atoms with Gasteiger partial charge in [-0.1, -0.05) is 0 Å². The Kier molecular flexibility index (Phi) is 5.88. The van der Waals surface area contributed by atoms with E-state index in [-0.39, 0.29) is 11.9 Å². The fourth-order valence-electron chi connectivity index (χ4n) is 2.12. The molecule has 5 nitrogen and oxygen atoms in total. The van der Waals surface area contributed by atoms with E-state index in [4.69, 9.17) is 9.57 Å². The summed E-state index contributed by atoms with van der Waals surface area (Å²) in [4.78, 5) is 16.5.